The molecule has 16 heavy (non-hydrogen) atoms. The number of hydrogen-bond acceptors (Lipinski definition) is 5. The van der Waals surface area contributed by atoms with Crippen LogP contribution in [-0.2, 0) is 5.66 Å². The van der Waals surface area contributed by atoms with Gasteiger partial charge in [-0.1, -0.05) is 12.1 Å². The number of aliphatic imine (C=N–C) groups is 1. The van der Waals surface area contributed by atoms with Gasteiger partial charge in [-0.25, -0.2) is 4.99 Å². The van der Waals surface area contributed by atoms with E-state index in [1.54, 1.807) is 12.1 Å². The van der Waals surface area contributed by atoms with E-state index in [1.165, 1.54) is 0 Å². The maximum Gasteiger partial charge on any atom is 0.195 e. The lowest BCUT2D eigenvalue weighted by molar-refractivity contribution is 0.573. The third-order valence-corrected chi connectivity index (χ3v) is 2.42. The summed E-state index contributed by atoms with van der Waals surface area (Å²) in [4.78, 5) is 4.21. The zero-order valence-corrected chi connectivity index (χ0v) is 9.07. The Bertz CT molecular complexity index is 457. The number of nitrogens with one attached hydrogen (secondary N) is 1. The maximum atomic E-state index is 6.19. The second-order valence-corrected chi connectivity index (χ2v) is 3.90. The first kappa shape index (κ1) is 10.5. The van der Waals surface area contributed by atoms with Gasteiger partial charge in [0.15, 0.2) is 11.6 Å². The Morgan fingerprint density at radius 2 is 2.06 bits per heavy atom. The summed E-state index contributed by atoms with van der Waals surface area (Å²) in [6.07, 6.45) is 1.82. The van der Waals surface area contributed by atoms with Gasteiger partial charge < -0.3 is 16.8 Å². The van der Waals surface area contributed by atoms with Gasteiger partial charge in [-0.05, 0) is 25.1 Å². The predicted molar refractivity (Wildman–Crippen MR) is 65.2 cm³/mol. The number of nitrogens with zero attached hydrogens (tertiary/aromatic N) is 1. The highest BCUT2D eigenvalue weighted by atomic mass is 15.2. The summed E-state index contributed by atoms with van der Waals surface area (Å²) in [5, 5.41) is 2.90. The standard InChI is InChI=1S/C11H15N5/c1-7-6-11(14,16-10(13)15-7)8-3-2-4-9(12)5-8/h2-6H,12,14H2,1H3,(H3,13,15,16). The minimum absolute atomic E-state index is 0.310. The molecule has 1 heterocycles. The van der Waals surface area contributed by atoms with Gasteiger partial charge in [-0.2, -0.15) is 0 Å². The fraction of sp³-hybridized carbons (Fsp3) is 0.182. The number of guanidine groups is 1. The number of benzene rings is 1. The normalized spacial score (nSPS) is 24.4. The van der Waals surface area contributed by atoms with Crippen LogP contribution in [0.3, 0.4) is 0 Å². The number of nitrogen functional groups attached to an aromatic ring is 1. The molecule has 5 nitrogen and oxygen atoms in total. The van der Waals surface area contributed by atoms with Crippen LogP contribution < -0.4 is 22.5 Å². The van der Waals surface area contributed by atoms with Crippen molar-refractivity contribution >= 4 is 11.6 Å². The van der Waals surface area contributed by atoms with Crippen molar-refractivity contribution in [1.82, 2.24) is 5.32 Å². The first-order valence-electron chi connectivity index (χ1n) is 4.96. The number of anilines is 1. The van der Waals surface area contributed by atoms with E-state index >= 15 is 0 Å². The predicted octanol–water partition coefficient (Wildman–Crippen LogP) is 0.202. The molecular weight excluding hydrogens is 202 g/mol. The van der Waals surface area contributed by atoms with E-state index in [1.807, 2.05) is 25.1 Å². The van der Waals surface area contributed by atoms with Crippen LogP contribution in [0.4, 0.5) is 5.69 Å². The van der Waals surface area contributed by atoms with Crippen molar-refractivity contribution in [2.75, 3.05) is 5.73 Å². The van der Waals surface area contributed by atoms with Crippen LogP contribution in [0.25, 0.3) is 0 Å². The van der Waals surface area contributed by atoms with Crippen LogP contribution >= 0.6 is 0 Å². The quantitative estimate of drug-likeness (QED) is 0.505. The van der Waals surface area contributed by atoms with E-state index < -0.39 is 5.66 Å². The summed E-state index contributed by atoms with van der Waals surface area (Å²) in [5.41, 5.74) is 19.0. The number of rotatable bonds is 1. The Balaban J connectivity index is 2.49. The van der Waals surface area contributed by atoms with Gasteiger partial charge in [0.2, 0.25) is 0 Å². The lowest BCUT2D eigenvalue weighted by atomic mass is 9.98. The third kappa shape index (κ3) is 1.85. The number of allylic oxidation sites excluding steroid dienone is 1. The number of hydrogen-bond donors (Lipinski definition) is 4. The van der Waals surface area contributed by atoms with Crippen molar-refractivity contribution in [1.29, 1.82) is 0 Å². The lowest BCUT2D eigenvalue weighted by Gasteiger charge is -2.28. The van der Waals surface area contributed by atoms with Crippen molar-refractivity contribution in [3.8, 4) is 0 Å². The van der Waals surface area contributed by atoms with E-state index in [-0.39, 0.29) is 0 Å². The van der Waals surface area contributed by atoms with Gasteiger partial charge in [0.05, 0.1) is 0 Å². The molecule has 1 aliphatic rings. The SMILES string of the molecule is CC1=CC(N)(c2cccc(N)c2)N=C(N)N1. The van der Waals surface area contributed by atoms with Crippen molar-refractivity contribution in [3.63, 3.8) is 0 Å². The Morgan fingerprint density at radius 1 is 1.31 bits per heavy atom. The first-order chi connectivity index (χ1) is 7.49. The Labute approximate surface area is 94.0 Å². The molecule has 0 amide bonds. The van der Waals surface area contributed by atoms with Crippen molar-refractivity contribution in [2.45, 2.75) is 12.6 Å². The summed E-state index contributed by atoms with van der Waals surface area (Å²) >= 11 is 0. The van der Waals surface area contributed by atoms with Crippen molar-refractivity contribution in [2.24, 2.45) is 16.5 Å². The summed E-state index contributed by atoms with van der Waals surface area (Å²) < 4.78 is 0. The molecule has 0 fully saturated rings. The Morgan fingerprint density at radius 3 is 2.69 bits per heavy atom. The van der Waals surface area contributed by atoms with Crippen LogP contribution in [0.1, 0.15) is 12.5 Å². The molecule has 5 heteroatoms. The molecule has 0 aliphatic carbocycles. The van der Waals surface area contributed by atoms with E-state index in [0.717, 1.165) is 11.3 Å². The molecule has 0 radical (unpaired) electrons. The molecule has 1 aromatic carbocycles. The molecule has 1 atom stereocenters. The molecule has 7 N–H and O–H groups in total. The molecule has 1 unspecified atom stereocenters. The zero-order chi connectivity index (χ0) is 11.8. The molecule has 2 rings (SSSR count). The van der Waals surface area contributed by atoms with Crippen molar-refractivity contribution < 1.29 is 0 Å². The smallest absolute Gasteiger partial charge is 0.195 e. The molecule has 84 valence electrons. The second-order valence-electron chi connectivity index (χ2n) is 3.90. The average Bonchev–Trinajstić information content (AvgIpc) is 2.15. The molecule has 0 spiro atoms. The number of nitrogens with two attached hydrogens (primary N) is 3. The minimum atomic E-state index is -0.936. The summed E-state index contributed by atoms with van der Waals surface area (Å²) in [5.74, 6) is 0.310. The van der Waals surface area contributed by atoms with E-state index in [0.29, 0.717) is 11.6 Å². The van der Waals surface area contributed by atoms with Gasteiger partial charge in [0, 0.05) is 16.9 Å². The van der Waals surface area contributed by atoms with Crippen LogP contribution in [0.2, 0.25) is 0 Å². The van der Waals surface area contributed by atoms with Gasteiger partial charge in [0.25, 0.3) is 0 Å². The monoisotopic (exact) mass is 217 g/mol. The molecule has 0 aromatic heterocycles. The zero-order valence-electron chi connectivity index (χ0n) is 9.07. The van der Waals surface area contributed by atoms with Gasteiger partial charge in [0.1, 0.15) is 0 Å². The first-order valence-corrected chi connectivity index (χ1v) is 4.96. The van der Waals surface area contributed by atoms with Crippen LogP contribution in [0.5, 0.6) is 0 Å². The molecular formula is C11H15N5. The third-order valence-electron chi connectivity index (χ3n) is 2.42. The van der Waals surface area contributed by atoms with Gasteiger partial charge in [-0.15, -0.1) is 0 Å². The Kier molecular flexibility index (Phi) is 2.32. The molecule has 0 saturated heterocycles. The summed E-state index contributed by atoms with van der Waals surface area (Å²) in [6.45, 7) is 1.88. The maximum absolute atomic E-state index is 6.19. The minimum Gasteiger partial charge on any atom is -0.399 e. The summed E-state index contributed by atoms with van der Waals surface area (Å²) in [7, 11) is 0. The van der Waals surface area contributed by atoms with Crippen LogP contribution in [-0.4, -0.2) is 5.96 Å². The van der Waals surface area contributed by atoms with E-state index in [9.17, 15) is 0 Å². The van der Waals surface area contributed by atoms with Crippen molar-refractivity contribution in [3.05, 3.63) is 41.6 Å². The summed E-state index contributed by atoms with van der Waals surface area (Å²) in [6, 6.07) is 7.32. The lowest BCUT2D eigenvalue weighted by Crippen LogP contribution is -2.44. The highest BCUT2D eigenvalue weighted by molar-refractivity contribution is 5.81. The topological polar surface area (TPSA) is 102 Å². The highest BCUT2D eigenvalue weighted by Gasteiger charge is 2.27. The van der Waals surface area contributed by atoms with Crippen LogP contribution in [0, 0.1) is 0 Å². The van der Waals surface area contributed by atoms with Gasteiger partial charge >= 0.3 is 0 Å². The molecule has 1 aromatic rings. The van der Waals surface area contributed by atoms with E-state index in [2.05, 4.69) is 10.3 Å². The highest BCUT2D eigenvalue weighted by Crippen LogP contribution is 2.26. The molecule has 0 saturated carbocycles. The molecule has 1 aliphatic heterocycles. The largest absolute Gasteiger partial charge is 0.399 e. The molecule has 0 bridgehead atoms. The average molecular weight is 217 g/mol. The Hall–Kier alpha value is -2.01. The second kappa shape index (κ2) is 3.53. The van der Waals surface area contributed by atoms with Gasteiger partial charge in [-0.3, -0.25) is 5.73 Å². The van der Waals surface area contributed by atoms with E-state index in [4.69, 9.17) is 17.2 Å². The van der Waals surface area contributed by atoms with Crippen LogP contribution in [0.15, 0.2) is 41.0 Å². The fourth-order valence-corrected chi connectivity index (χ4v) is 1.76. The fourth-order valence-electron chi connectivity index (χ4n) is 1.76.